The van der Waals surface area contributed by atoms with Crippen molar-refractivity contribution in [1.82, 2.24) is 9.88 Å². The Morgan fingerprint density at radius 3 is 2.88 bits per heavy atom. The van der Waals surface area contributed by atoms with Gasteiger partial charge in [-0.1, -0.05) is 26.3 Å². The molecule has 0 bridgehead atoms. The van der Waals surface area contributed by atoms with Crippen molar-refractivity contribution in [3.05, 3.63) is 30.1 Å². The minimum Gasteiger partial charge on any atom is -0.346 e. The molecule has 0 spiro atoms. The number of hydrogen-bond donors (Lipinski definition) is 0. The molecule has 0 aliphatic carbocycles. The fourth-order valence-corrected chi connectivity index (χ4v) is 1.72. The quantitative estimate of drug-likeness (QED) is 0.758. The molecule has 0 N–H and O–H groups in total. The molecule has 0 aliphatic heterocycles. The molecule has 0 aliphatic rings. The molecule has 17 heavy (non-hydrogen) atoms. The monoisotopic (exact) mass is 234 g/mol. The van der Waals surface area contributed by atoms with E-state index in [1.165, 1.54) is 0 Å². The first-order valence-corrected chi connectivity index (χ1v) is 6.29. The van der Waals surface area contributed by atoms with E-state index in [-0.39, 0.29) is 11.8 Å². The lowest BCUT2D eigenvalue weighted by Crippen LogP contribution is -2.28. The Kier molecular flexibility index (Phi) is 5.67. The molecule has 1 rings (SSSR count). The third kappa shape index (κ3) is 4.55. The number of nitrogens with zero attached hydrogens (tertiary/aromatic N) is 2. The zero-order valence-electron chi connectivity index (χ0n) is 11.0. The molecule has 1 atom stereocenters. The van der Waals surface area contributed by atoms with Gasteiger partial charge in [0.05, 0.1) is 0 Å². The van der Waals surface area contributed by atoms with Gasteiger partial charge >= 0.3 is 0 Å². The molecule has 1 aromatic rings. The minimum absolute atomic E-state index is 0.217. The number of amides is 1. The lowest BCUT2D eigenvalue weighted by Gasteiger charge is -2.19. The van der Waals surface area contributed by atoms with Crippen LogP contribution in [-0.4, -0.2) is 29.4 Å². The summed E-state index contributed by atoms with van der Waals surface area (Å²) in [7, 11) is 1.88. The van der Waals surface area contributed by atoms with Crippen LogP contribution in [-0.2, 0) is 4.79 Å². The number of aromatic nitrogens is 1. The van der Waals surface area contributed by atoms with Gasteiger partial charge in [-0.2, -0.15) is 0 Å². The summed E-state index contributed by atoms with van der Waals surface area (Å²) < 4.78 is 0. The van der Waals surface area contributed by atoms with Crippen LogP contribution in [0.4, 0.5) is 0 Å². The van der Waals surface area contributed by atoms with Gasteiger partial charge in [-0.3, -0.25) is 9.78 Å². The molecule has 1 unspecified atom stereocenters. The van der Waals surface area contributed by atoms with Crippen molar-refractivity contribution in [2.45, 2.75) is 39.0 Å². The maximum atomic E-state index is 11.9. The van der Waals surface area contributed by atoms with Crippen LogP contribution in [0.3, 0.4) is 0 Å². The van der Waals surface area contributed by atoms with Crippen LogP contribution < -0.4 is 0 Å². The molecule has 1 amide bonds. The number of unbranched alkanes of at least 4 members (excludes halogenated alkanes) is 1. The number of hydrogen-bond acceptors (Lipinski definition) is 2. The average molecular weight is 234 g/mol. The first-order chi connectivity index (χ1) is 8.15. The van der Waals surface area contributed by atoms with Crippen molar-refractivity contribution in [3.63, 3.8) is 0 Å². The van der Waals surface area contributed by atoms with E-state index in [1.807, 2.05) is 30.3 Å². The first kappa shape index (κ1) is 13.7. The highest BCUT2D eigenvalue weighted by Crippen LogP contribution is 2.18. The van der Waals surface area contributed by atoms with Crippen LogP contribution in [0, 0.1) is 0 Å². The van der Waals surface area contributed by atoms with Gasteiger partial charge in [0.1, 0.15) is 0 Å². The van der Waals surface area contributed by atoms with E-state index in [4.69, 9.17) is 0 Å². The van der Waals surface area contributed by atoms with Crippen molar-refractivity contribution < 1.29 is 4.79 Å². The highest BCUT2D eigenvalue weighted by Gasteiger charge is 2.14. The van der Waals surface area contributed by atoms with Gasteiger partial charge < -0.3 is 4.90 Å². The van der Waals surface area contributed by atoms with Gasteiger partial charge in [0, 0.05) is 32.4 Å². The maximum absolute atomic E-state index is 11.9. The summed E-state index contributed by atoms with van der Waals surface area (Å²) in [6.07, 6.45) is 6.35. The van der Waals surface area contributed by atoms with Gasteiger partial charge in [-0.15, -0.1) is 0 Å². The maximum Gasteiger partial charge on any atom is 0.222 e. The number of carbonyl (C=O) groups is 1. The first-order valence-electron chi connectivity index (χ1n) is 6.29. The molecule has 0 saturated heterocycles. The van der Waals surface area contributed by atoms with E-state index >= 15 is 0 Å². The summed E-state index contributed by atoms with van der Waals surface area (Å²) in [6, 6.07) is 3.94. The van der Waals surface area contributed by atoms with Gasteiger partial charge in [0.2, 0.25) is 5.91 Å². The largest absolute Gasteiger partial charge is 0.346 e. The highest BCUT2D eigenvalue weighted by atomic mass is 16.2. The third-order valence-electron chi connectivity index (χ3n) is 3.01. The smallest absolute Gasteiger partial charge is 0.222 e. The van der Waals surface area contributed by atoms with E-state index in [1.54, 1.807) is 6.20 Å². The standard InChI is InChI=1S/C14H22N2O/c1-4-5-9-16(3)14(17)10-12(2)13-7-6-8-15-11-13/h6-8,11-12H,4-5,9-10H2,1-3H3. The van der Waals surface area contributed by atoms with Crippen molar-refractivity contribution in [2.24, 2.45) is 0 Å². The average Bonchev–Trinajstić information content (AvgIpc) is 2.36. The van der Waals surface area contributed by atoms with Crippen molar-refractivity contribution in [3.8, 4) is 0 Å². The number of pyridine rings is 1. The molecule has 3 nitrogen and oxygen atoms in total. The lowest BCUT2D eigenvalue weighted by atomic mass is 9.99. The van der Waals surface area contributed by atoms with Gasteiger partial charge in [0.25, 0.3) is 0 Å². The zero-order valence-corrected chi connectivity index (χ0v) is 11.0. The van der Waals surface area contributed by atoms with E-state index in [0.717, 1.165) is 24.9 Å². The summed E-state index contributed by atoms with van der Waals surface area (Å²) in [6.45, 7) is 5.06. The van der Waals surface area contributed by atoms with Crippen LogP contribution in [0.1, 0.15) is 44.6 Å². The summed E-state index contributed by atoms with van der Waals surface area (Å²) >= 11 is 0. The van der Waals surface area contributed by atoms with Crippen LogP contribution in [0.25, 0.3) is 0 Å². The number of carbonyl (C=O) groups excluding carboxylic acids is 1. The van der Waals surface area contributed by atoms with Crippen LogP contribution in [0.2, 0.25) is 0 Å². The van der Waals surface area contributed by atoms with E-state index in [9.17, 15) is 4.79 Å². The lowest BCUT2D eigenvalue weighted by molar-refractivity contribution is -0.130. The normalized spacial score (nSPS) is 12.2. The number of rotatable bonds is 6. The van der Waals surface area contributed by atoms with E-state index in [0.29, 0.717) is 6.42 Å². The Balaban J connectivity index is 2.46. The summed E-state index contributed by atoms with van der Waals surface area (Å²) in [5.41, 5.74) is 1.13. The molecule has 0 aromatic carbocycles. The molecule has 0 fully saturated rings. The second kappa shape index (κ2) is 7.05. The van der Waals surface area contributed by atoms with Crippen LogP contribution >= 0.6 is 0 Å². The van der Waals surface area contributed by atoms with Crippen molar-refractivity contribution in [1.29, 1.82) is 0 Å². The predicted octanol–water partition coefficient (Wildman–Crippen LogP) is 2.83. The second-order valence-corrected chi connectivity index (χ2v) is 4.56. The molecular formula is C14H22N2O. The van der Waals surface area contributed by atoms with Crippen molar-refractivity contribution >= 4 is 5.91 Å². The SMILES string of the molecule is CCCCN(C)C(=O)CC(C)c1cccnc1. The molecule has 3 heteroatoms. The molecule has 0 radical (unpaired) electrons. The topological polar surface area (TPSA) is 33.2 Å². The second-order valence-electron chi connectivity index (χ2n) is 4.56. The predicted molar refractivity (Wildman–Crippen MR) is 69.8 cm³/mol. The molecule has 1 aromatic heterocycles. The van der Waals surface area contributed by atoms with Gasteiger partial charge in [0.15, 0.2) is 0 Å². The summed E-state index contributed by atoms with van der Waals surface area (Å²) in [5.74, 6) is 0.454. The molecule has 0 saturated carbocycles. The van der Waals surface area contributed by atoms with E-state index < -0.39 is 0 Å². The molecule has 1 heterocycles. The zero-order chi connectivity index (χ0) is 12.7. The molecule has 94 valence electrons. The summed E-state index contributed by atoms with van der Waals surface area (Å²) in [4.78, 5) is 17.9. The van der Waals surface area contributed by atoms with Crippen LogP contribution in [0.5, 0.6) is 0 Å². The Morgan fingerprint density at radius 2 is 2.29 bits per heavy atom. The minimum atomic E-state index is 0.217. The third-order valence-corrected chi connectivity index (χ3v) is 3.01. The summed E-state index contributed by atoms with van der Waals surface area (Å²) in [5, 5.41) is 0. The Bertz CT molecular complexity index is 337. The Labute approximate surface area is 104 Å². The van der Waals surface area contributed by atoms with E-state index in [2.05, 4.69) is 18.8 Å². The fourth-order valence-electron chi connectivity index (χ4n) is 1.72. The van der Waals surface area contributed by atoms with Gasteiger partial charge in [-0.25, -0.2) is 0 Å². The van der Waals surface area contributed by atoms with Gasteiger partial charge in [-0.05, 0) is 24.0 Å². The van der Waals surface area contributed by atoms with Crippen molar-refractivity contribution in [2.75, 3.05) is 13.6 Å². The van der Waals surface area contributed by atoms with Crippen LogP contribution in [0.15, 0.2) is 24.5 Å². The molecular weight excluding hydrogens is 212 g/mol. The Morgan fingerprint density at radius 1 is 1.53 bits per heavy atom. The fraction of sp³-hybridized carbons (Fsp3) is 0.571. The highest BCUT2D eigenvalue weighted by molar-refractivity contribution is 5.76. The Hall–Kier alpha value is -1.38.